The third-order valence-electron chi connectivity index (χ3n) is 4.17. The van der Waals surface area contributed by atoms with Gasteiger partial charge in [-0.2, -0.15) is 4.98 Å². The molecule has 2 aromatic rings. The van der Waals surface area contributed by atoms with E-state index in [1.807, 2.05) is 11.4 Å². The molecule has 0 aromatic carbocycles. The fraction of sp³-hybridized carbons (Fsp3) is 0.562. The van der Waals surface area contributed by atoms with Gasteiger partial charge < -0.3 is 9.84 Å². The molecular formula is C16H21N3O2S. The van der Waals surface area contributed by atoms with Crippen LogP contribution in [0.15, 0.2) is 16.0 Å². The minimum atomic E-state index is 0.0708. The zero-order valence-corrected chi connectivity index (χ0v) is 13.6. The number of hydrogen-bond donors (Lipinski definition) is 1. The summed E-state index contributed by atoms with van der Waals surface area (Å²) in [7, 11) is 0. The first kappa shape index (κ1) is 15.2. The van der Waals surface area contributed by atoms with Crippen molar-refractivity contribution in [3.63, 3.8) is 0 Å². The van der Waals surface area contributed by atoms with Crippen molar-refractivity contribution in [1.82, 2.24) is 10.1 Å². The second kappa shape index (κ2) is 7.05. The van der Waals surface area contributed by atoms with E-state index >= 15 is 0 Å². The molecule has 6 heteroatoms. The summed E-state index contributed by atoms with van der Waals surface area (Å²) in [5.74, 6) is 1.86. The summed E-state index contributed by atoms with van der Waals surface area (Å²) >= 11 is 1.49. The van der Waals surface area contributed by atoms with Crippen LogP contribution in [0.2, 0.25) is 0 Å². The molecule has 0 radical (unpaired) electrons. The number of aryl methyl sites for hydroxylation is 1. The fourth-order valence-corrected chi connectivity index (χ4v) is 3.76. The molecule has 1 fully saturated rings. The summed E-state index contributed by atoms with van der Waals surface area (Å²) < 4.78 is 5.18. The zero-order chi connectivity index (χ0) is 15.4. The number of anilines is 1. The Balaban J connectivity index is 1.56. The predicted molar refractivity (Wildman–Crippen MR) is 86.8 cm³/mol. The third-order valence-corrected chi connectivity index (χ3v) is 5.07. The molecule has 0 unspecified atom stereocenters. The second-order valence-corrected chi connectivity index (χ2v) is 6.82. The van der Waals surface area contributed by atoms with Crippen LogP contribution in [-0.4, -0.2) is 16.0 Å². The maximum Gasteiger partial charge on any atom is 0.270 e. The minimum absolute atomic E-state index is 0.0708. The van der Waals surface area contributed by atoms with Crippen LogP contribution < -0.4 is 5.32 Å². The summed E-state index contributed by atoms with van der Waals surface area (Å²) in [5, 5.41) is 8.70. The Hall–Kier alpha value is -1.69. The molecule has 0 atom stereocenters. The van der Waals surface area contributed by atoms with Gasteiger partial charge in [0.15, 0.2) is 5.82 Å². The normalized spacial score (nSPS) is 15.9. The predicted octanol–water partition coefficient (Wildman–Crippen LogP) is 4.41. The molecule has 1 amide bonds. The first-order valence-electron chi connectivity index (χ1n) is 7.90. The van der Waals surface area contributed by atoms with E-state index in [4.69, 9.17) is 4.52 Å². The van der Waals surface area contributed by atoms with E-state index in [-0.39, 0.29) is 5.91 Å². The average molecular weight is 319 g/mol. The van der Waals surface area contributed by atoms with Crippen molar-refractivity contribution in [2.24, 2.45) is 5.92 Å². The van der Waals surface area contributed by atoms with Gasteiger partial charge in [-0.05, 0) is 30.7 Å². The molecule has 1 saturated carbocycles. The molecule has 22 heavy (non-hydrogen) atoms. The van der Waals surface area contributed by atoms with E-state index in [0.717, 1.165) is 22.9 Å². The Labute approximate surface area is 134 Å². The van der Waals surface area contributed by atoms with Crippen LogP contribution in [0, 0.1) is 12.8 Å². The summed E-state index contributed by atoms with van der Waals surface area (Å²) in [6.07, 6.45) is 8.11. The Morgan fingerprint density at radius 2 is 2.23 bits per heavy atom. The zero-order valence-electron chi connectivity index (χ0n) is 12.8. The number of hydrogen-bond acceptors (Lipinski definition) is 5. The second-order valence-electron chi connectivity index (χ2n) is 5.90. The Morgan fingerprint density at radius 3 is 2.95 bits per heavy atom. The van der Waals surface area contributed by atoms with E-state index in [9.17, 15) is 4.79 Å². The van der Waals surface area contributed by atoms with Crippen molar-refractivity contribution in [3.8, 4) is 10.8 Å². The molecular weight excluding hydrogens is 298 g/mol. The topological polar surface area (TPSA) is 68.0 Å². The number of nitrogens with one attached hydrogen (secondary N) is 1. The van der Waals surface area contributed by atoms with Crippen LogP contribution in [0.3, 0.4) is 0 Å². The highest BCUT2D eigenvalue weighted by Gasteiger charge is 2.17. The first-order chi connectivity index (χ1) is 10.7. The first-order valence-corrected chi connectivity index (χ1v) is 8.78. The molecule has 0 saturated heterocycles. The van der Waals surface area contributed by atoms with Gasteiger partial charge in [-0.1, -0.05) is 37.3 Å². The van der Waals surface area contributed by atoms with Gasteiger partial charge in [0.2, 0.25) is 5.91 Å². The minimum Gasteiger partial charge on any atom is -0.333 e. The number of carbonyl (C=O) groups excluding carboxylic acids is 1. The molecule has 0 bridgehead atoms. The molecule has 2 aromatic heterocycles. The van der Waals surface area contributed by atoms with Crippen molar-refractivity contribution < 1.29 is 9.32 Å². The maximum atomic E-state index is 12.2. The van der Waals surface area contributed by atoms with Crippen molar-refractivity contribution in [2.75, 3.05) is 5.32 Å². The SMILES string of the molecule is Cc1noc(-c2sccc2NC(=O)CCC2CCCCC2)n1. The summed E-state index contributed by atoms with van der Waals surface area (Å²) in [6.45, 7) is 1.78. The Bertz CT molecular complexity index is 629. The van der Waals surface area contributed by atoms with E-state index in [1.54, 1.807) is 6.92 Å². The van der Waals surface area contributed by atoms with Gasteiger partial charge >= 0.3 is 0 Å². The monoisotopic (exact) mass is 319 g/mol. The molecule has 1 N–H and O–H groups in total. The highest BCUT2D eigenvalue weighted by Crippen LogP contribution is 2.33. The lowest BCUT2D eigenvalue weighted by molar-refractivity contribution is -0.116. The van der Waals surface area contributed by atoms with Crippen molar-refractivity contribution >= 4 is 22.9 Å². The van der Waals surface area contributed by atoms with Crippen LogP contribution in [0.4, 0.5) is 5.69 Å². The molecule has 0 aliphatic heterocycles. The Kier molecular flexibility index (Phi) is 4.87. The number of carbonyl (C=O) groups is 1. The van der Waals surface area contributed by atoms with Gasteiger partial charge in [0.1, 0.15) is 4.88 Å². The van der Waals surface area contributed by atoms with Crippen LogP contribution >= 0.6 is 11.3 Å². The standard InChI is InChI=1S/C16H21N3O2S/c1-11-17-16(21-19-11)15-13(9-10-22-15)18-14(20)8-7-12-5-3-2-4-6-12/h9-10,12H,2-8H2,1H3,(H,18,20). The molecule has 5 nitrogen and oxygen atoms in total. The maximum absolute atomic E-state index is 12.2. The number of aromatic nitrogens is 2. The lowest BCUT2D eigenvalue weighted by Gasteiger charge is -2.20. The molecule has 2 heterocycles. The molecule has 0 spiro atoms. The van der Waals surface area contributed by atoms with Gasteiger partial charge in [-0.15, -0.1) is 11.3 Å². The largest absolute Gasteiger partial charge is 0.333 e. The van der Waals surface area contributed by atoms with E-state index in [1.165, 1.54) is 43.4 Å². The van der Waals surface area contributed by atoms with Gasteiger partial charge in [0.05, 0.1) is 5.69 Å². The van der Waals surface area contributed by atoms with E-state index in [0.29, 0.717) is 18.1 Å². The van der Waals surface area contributed by atoms with Gasteiger partial charge in [-0.25, -0.2) is 0 Å². The quantitative estimate of drug-likeness (QED) is 0.886. The van der Waals surface area contributed by atoms with Crippen LogP contribution in [0.5, 0.6) is 0 Å². The molecule has 1 aliphatic rings. The van der Waals surface area contributed by atoms with Crippen molar-refractivity contribution in [1.29, 1.82) is 0 Å². The van der Waals surface area contributed by atoms with Gasteiger partial charge in [-0.3, -0.25) is 4.79 Å². The number of thiophene rings is 1. The van der Waals surface area contributed by atoms with Crippen molar-refractivity contribution in [3.05, 3.63) is 17.3 Å². The summed E-state index contributed by atoms with van der Waals surface area (Å²) in [5.41, 5.74) is 0.766. The lowest BCUT2D eigenvalue weighted by atomic mass is 9.86. The molecule has 118 valence electrons. The smallest absolute Gasteiger partial charge is 0.270 e. The van der Waals surface area contributed by atoms with Crippen LogP contribution in [0.1, 0.15) is 50.8 Å². The summed E-state index contributed by atoms with van der Waals surface area (Å²) in [6, 6.07) is 1.89. The van der Waals surface area contributed by atoms with Gasteiger partial charge in [0.25, 0.3) is 5.89 Å². The average Bonchev–Trinajstić information content (AvgIpc) is 3.15. The van der Waals surface area contributed by atoms with Crippen molar-refractivity contribution in [2.45, 2.75) is 51.9 Å². The van der Waals surface area contributed by atoms with Crippen LogP contribution in [0.25, 0.3) is 10.8 Å². The van der Waals surface area contributed by atoms with E-state index < -0.39 is 0 Å². The number of amides is 1. The van der Waals surface area contributed by atoms with E-state index in [2.05, 4.69) is 15.5 Å². The highest BCUT2D eigenvalue weighted by molar-refractivity contribution is 7.14. The highest BCUT2D eigenvalue weighted by atomic mass is 32.1. The lowest BCUT2D eigenvalue weighted by Crippen LogP contribution is -2.14. The molecule has 3 rings (SSSR count). The fourth-order valence-electron chi connectivity index (χ4n) is 2.99. The number of rotatable bonds is 5. The number of nitrogens with zero attached hydrogens (tertiary/aromatic N) is 2. The van der Waals surface area contributed by atoms with Crippen LogP contribution in [-0.2, 0) is 4.79 Å². The third kappa shape index (κ3) is 3.74. The summed E-state index contributed by atoms with van der Waals surface area (Å²) in [4.78, 5) is 17.2. The molecule has 1 aliphatic carbocycles. The Morgan fingerprint density at radius 1 is 1.41 bits per heavy atom. The van der Waals surface area contributed by atoms with Gasteiger partial charge in [0, 0.05) is 6.42 Å².